The van der Waals surface area contributed by atoms with Crippen molar-refractivity contribution in [2.24, 2.45) is 0 Å². The molecule has 21 heavy (non-hydrogen) atoms. The summed E-state index contributed by atoms with van der Waals surface area (Å²) >= 11 is 1.50. The summed E-state index contributed by atoms with van der Waals surface area (Å²) in [5.41, 5.74) is 2.45. The first-order valence-corrected chi connectivity index (χ1v) is 7.58. The van der Waals surface area contributed by atoms with E-state index in [1.807, 2.05) is 0 Å². The highest BCUT2D eigenvalue weighted by molar-refractivity contribution is 7.16. The lowest BCUT2D eigenvalue weighted by atomic mass is 10.1. The molecule has 2 aromatic rings. The molecule has 0 unspecified atom stereocenters. The summed E-state index contributed by atoms with van der Waals surface area (Å²) in [6.45, 7) is 0. The van der Waals surface area contributed by atoms with E-state index in [9.17, 15) is 14.4 Å². The van der Waals surface area contributed by atoms with Crippen LogP contribution in [0.2, 0.25) is 0 Å². The molecule has 1 N–H and O–H groups in total. The van der Waals surface area contributed by atoms with Crippen LogP contribution in [-0.4, -0.2) is 5.91 Å². The Morgan fingerprint density at radius 2 is 2.10 bits per heavy atom. The Morgan fingerprint density at radius 3 is 2.81 bits per heavy atom. The number of thiophene rings is 1. The van der Waals surface area contributed by atoms with Crippen molar-refractivity contribution < 1.29 is 9.18 Å². The standard InChI is InChI=1S/C16H13FN2OS/c17-11-6-4-10(5-7-11)8-15(20)19-16-13(9-18)12-2-1-3-14(12)21-16/h4-7H,1-3,8H2,(H,19,20). The van der Waals surface area contributed by atoms with Crippen LogP contribution in [0.3, 0.4) is 0 Å². The molecule has 5 heteroatoms. The number of aryl methyl sites for hydroxylation is 1. The summed E-state index contributed by atoms with van der Waals surface area (Å²) in [4.78, 5) is 13.3. The SMILES string of the molecule is N#Cc1c(NC(=O)Cc2ccc(F)cc2)sc2c1CCC2. The highest BCUT2D eigenvalue weighted by atomic mass is 32.1. The van der Waals surface area contributed by atoms with E-state index in [1.165, 1.54) is 28.3 Å². The van der Waals surface area contributed by atoms with Crippen molar-refractivity contribution in [1.82, 2.24) is 0 Å². The molecule has 0 aliphatic heterocycles. The summed E-state index contributed by atoms with van der Waals surface area (Å²) in [7, 11) is 0. The van der Waals surface area contributed by atoms with Crippen LogP contribution in [0.5, 0.6) is 0 Å². The molecule has 0 spiro atoms. The van der Waals surface area contributed by atoms with Gasteiger partial charge in [-0.1, -0.05) is 12.1 Å². The van der Waals surface area contributed by atoms with Gasteiger partial charge >= 0.3 is 0 Å². The molecule has 106 valence electrons. The zero-order chi connectivity index (χ0) is 14.8. The lowest BCUT2D eigenvalue weighted by molar-refractivity contribution is -0.115. The molecule has 0 saturated carbocycles. The molecule has 0 radical (unpaired) electrons. The fourth-order valence-electron chi connectivity index (χ4n) is 2.57. The molecular weight excluding hydrogens is 287 g/mol. The number of amides is 1. The molecule has 0 atom stereocenters. The van der Waals surface area contributed by atoms with Gasteiger partial charge in [0.25, 0.3) is 0 Å². The van der Waals surface area contributed by atoms with E-state index in [-0.39, 0.29) is 18.1 Å². The number of nitrogens with zero attached hydrogens (tertiary/aromatic N) is 1. The van der Waals surface area contributed by atoms with E-state index in [4.69, 9.17) is 0 Å². The predicted octanol–water partition coefficient (Wildman–Crippen LogP) is 3.43. The van der Waals surface area contributed by atoms with Crippen molar-refractivity contribution in [3.63, 3.8) is 0 Å². The third-order valence-corrected chi connectivity index (χ3v) is 4.77. The van der Waals surface area contributed by atoms with E-state index in [2.05, 4.69) is 11.4 Å². The predicted molar refractivity (Wildman–Crippen MR) is 79.8 cm³/mol. The lowest BCUT2D eigenvalue weighted by Crippen LogP contribution is -2.14. The first kappa shape index (κ1) is 13.8. The van der Waals surface area contributed by atoms with Crippen molar-refractivity contribution in [3.05, 3.63) is 51.7 Å². The van der Waals surface area contributed by atoms with Gasteiger partial charge in [-0.2, -0.15) is 5.26 Å². The molecule has 3 rings (SSSR count). The van der Waals surface area contributed by atoms with E-state index in [1.54, 1.807) is 12.1 Å². The molecule has 1 heterocycles. The fourth-order valence-corrected chi connectivity index (χ4v) is 3.82. The fraction of sp³-hybridized carbons (Fsp3) is 0.250. The molecule has 1 aromatic heterocycles. The van der Waals surface area contributed by atoms with Crippen LogP contribution >= 0.6 is 11.3 Å². The minimum Gasteiger partial charge on any atom is -0.316 e. The highest BCUT2D eigenvalue weighted by Crippen LogP contribution is 2.38. The van der Waals surface area contributed by atoms with Crippen LogP contribution in [0.1, 0.15) is 28.0 Å². The zero-order valence-electron chi connectivity index (χ0n) is 11.3. The molecule has 1 aromatic carbocycles. The molecule has 1 amide bonds. The van der Waals surface area contributed by atoms with Gasteiger partial charge in [0.2, 0.25) is 5.91 Å². The van der Waals surface area contributed by atoms with Crippen molar-refractivity contribution in [2.75, 3.05) is 5.32 Å². The average Bonchev–Trinajstić information content (AvgIpc) is 3.01. The Hall–Kier alpha value is -2.19. The Morgan fingerprint density at radius 1 is 1.33 bits per heavy atom. The number of fused-ring (bicyclic) bond motifs is 1. The second kappa shape index (κ2) is 5.66. The Balaban J connectivity index is 1.73. The number of carbonyl (C=O) groups is 1. The largest absolute Gasteiger partial charge is 0.316 e. The molecule has 1 aliphatic carbocycles. The van der Waals surface area contributed by atoms with Gasteiger partial charge < -0.3 is 5.32 Å². The van der Waals surface area contributed by atoms with Crippen LogP contribution < -0.4 is 5.32 Å². The number of nitriles is 1. The van der Waals surface area contributed by atoms with Crippen molar-refractivity contribution in [1.29, 1.82) is 5.26 Å². The van der Waals surface area contributed by atoms with Crippen molar-refractivity contribution >= 4 is 22.2 Å². The van der Waals surface area contributed by atoms with Crippen molar-refractivity contribution in [3.8, 4) is 6.07 Å². The minimum atomic E-state index is -0.319. The van der Waals surface area contributed by atoms with E-state index in [0.29, 0.717) is 10.6 Å². The highest BCUT2D eigenvalue weighted by Gasteiger charge is 2.22. The Labute approximate surface area is 126 Å². The summed E-state index contributed by atoms with van der Waals surface area (Å²) < 4.78 is 12.8. The van der Waals surface area contributed by atoms with Gasteiger partial charge in [-0.3, -0.25) is 4.79 Å². The zero-order valence-corrected chi connectivity index (χ0v) is 12.1. The van der Waals surface area contributed by atoms with Crippen molar-refractivity contribution in [2.45, 2.75) is 25.7 Å². The van der Waals surface area contributed by atoms with Gasteiger partial charge in [-0.15, -0.1) is 11.3 Å². The van der Waals surface area contributed by atoms with E-state index in [0.717, 1.165) is 30.4 Å². The summed E-state index contributed by atoms with van der Waals surface area (Å²) in [5.74, 6) is -0.501. The summed E-state index contributed by atoms with van der Waals surface area (Å²) in [5, 5.41) is 12.7. The number of hydrogen-bond acceptors (Lipinski definition) is 3. The maximum Gasteiger partial charge on any atom is 0.229 e. The third kappa shape index (κ3) is 2.81. The molecular formula is C16H13FN2OS. The van der Waals surface area contributed by atoms with Gasteiger partial charge in [0.05, 0.1) is 12.0 Å². The van der Waals surface area contributed by atoms with Gasteiger partial charge in [0.15, 0.2) is 0 Å². The second-order valence-electron chi connectivity index (χ2n) is 5.02. The molecule has 1 aliphatic rings. The second-order valence-corrected chi connectivity index (χ2v) is 6.13. The lowest BCUT2D eigenvalue weighted by Gasteiger charge is -2.04. The molecule has 0 saturated heterocycles. The molecule has 0 fully saturated rings. The van der Waals surface area contributed by atoms with E-state index < -0.39 is 0 Å². The van der Waals surface area contributed by atoms with Gasteiger partial charge in [0, 0.05) is 4.88 Å². The van der Waals surface area contributed by atoms with Crippen LogP contribution in [-0.2, 0) is 24.1 Å². The maximum absolute atomic E-state index is 12.8. The number of rotatable bonds is 3. The van der Waals surface area contributed by atoms with Gasteiger partial charge in [-0.25, -0.2) is 4.39 Å². The van der Waals surface area contributed by atoms with Gasteiger partial charge in [-0.05, 0) is 42.5 Å². The van der Waals surface area contributed by atoms with Crippen LogP contribution in [0.4, 0.5) is 9.39 Å². The average molecular weight is 300 g/mol. The Kier molecular flexibility index (Phi) is 3.72. The van der Waals surface area contributed by atoms with Crippen LogP contribution in [0, 0.1) is 17.1 Å². The van der Waals surface area contributed by atoms with E-state index >= 15 is 0 Å². The smallest absolute Gasteiger partial charge is 0.229 e. The number of halogens is 1. The Bertz CT molecular complexity index is 728. The monoisotopic (exact) mass is 300 g/mol. The van der Waals surface area contributed by atoms with Gasteiger partial charge in [0.1, 0.15) is 16.9 Å². The number of benzene rings is 1. The van der Waals surface area contributed by atoms with Crippen LogP contribution in [0.15, 0.2) is 24.3 Å². The maximum atomic E-state index is 12.8. The molecule has 0 bridgehead atoms. The number of hydrogen-bond donors (Lipinski definition) is 1. The number of anilines is 1. The summed E-state index contributed by atoms with van der Waals surface area (Å²) in [6.07, 6.45) is 3.17. The first-order valence-electron chi connectivity index (χ1n) is 6.76. The number of nitrogens with one attached hydrogen (secondary N) is 1. The summed E-state index contributed by atoms with van der Waals surface area (Å²) in [6, 6.07) is 8.05. The molecule has 3 nitrogen and oxygen atoms in total. The topological polar surface area (TPSA) is 52.9 Å². The third-order valence-electron chi connectivity index (χ3n) is 3.56. The first-order chi connectivity index (χ1) is 10.2. The normalized spacial score (nSPS) is 12.8. The minimum absolute atomic E-state index is 0.174. The quantitative estimate of drug-likeness (QED) is 0.944. The van der Waals surface area contributed by atoms with Crippen LogP contribution in [0.25, 0.3) is 0 Å². The number of carbonyl (C=O) groups excluding carboxylic acids is 1.